The van der Waals surface area contributed by atoms with Crippen LogP contribution in [-0.4, -0.2) is 9.97 Å². The number of para-hydroxylation sites is 2. The van der Waals surface area contributed by atoms with Gasteiger partial charge in [-0.2, -0.15) is 0 Å². The fourth-order valence-electron chi connectivity index (χ4n) is 7.97. The summed E-state index contributed by atoms with van der Waals surface area (Å²) in [5.41, 5.74) is 11.9. The van der Waals surface area contributed by atoms with Crippen molar-refractivity contribution < 1.29 is 0 Å². The number of hydrogen-bond donors (Lipinski definition) is 0. The molecule has 1 atom stereocenters. The topological polar surface area (TPSA) is 29.0 Å². The van der Waals surface area contributed by atoms with E-state index in [1.54, 1.807) is 11.3 Å². The van der Waals surface area contributed by atoms with Gasteiger partial charge in [-0.15, -0.1) is 22.7 Å². The van der Waals surface area contributed by atoms with Gasteiger partial charge in [-0.05, 0) is 60.4 Å². The lowest BCUT2D eigenvalue weighted by molar-refractivity contribution is 0.702. The van der Waals surface area contributed by atoms with Crippen LogP contribution in [0.2, 0.25) is 0 Å². The van der Waals surface area contributed by atoms with Gasteiger partial charge >= 0.3 is 0 Å². The zero-order valence-electron chi connectivity index (χ0n) is 29.0. The number of anilines is 3. The number of fused-ring (bicyclic) bond motifs is 6. The maximum atomic E-state index is 5.69. The van der Waals surface area contributed by atoms with Gasteiger partial charge in [-0.1, -0.05) is 145 Å². The van der Waals surface area contributed by atoms with E-state index in [9.17, 15) is 0 Å². The summed E-state index contributed by atoms with van der Waals surface area (Å²) in [5, 5.41) is 2.06. The molecule has 4 heterocycles. The molecule has 0 amide bonds. The first-order chi connectivity index (χ1) is 26.8. The third kappa shape index (κ3) is 5.33. The average molecular weight is 766 g/mol. The summed E-state index contributed by atoms with van der Waals surface area (Å²) >= 11 is 7.35. The quantitative estimate of drug-likeness (QED) is 0.178. The molecule has 7 heteroatoms. The summed E-state index contributed by atoms with van der Waals surface area (Å²) in [6.45, 7) is 0. The molecule has 0 saturated carbocycles. The Bertz CT molecular complexity index is 2720. The van der Waals surface area contributed by atoms with Crippen LogP contribution in [0.5, 0.6) is 0 Å². The minimum atomic E-state index is 0.118. The van der Waals surface area contributed by atoms with Crippen LogP contribution in [-0.2, 0) is 6.42 Å². The van der Waals surface area contributed by atoms with Gasteiger partial charge in [0, 0.05) is 42.2 Å². The number of nitrogens with zero attached hydrogens (tertiary/aromatic N) is 3. The fourth-order valence-corrected chi connectivity index (χ4v) is 12.5. The van der Waals surface area contributed by atoms with Crippen molar-refractivity contribution >= 4 is 83.7 Å². The van der Waals surface area contributed by atoms with Crippen LogP contribution >= 0.6 is 46.2 Å². The largest absolute Gasteiger partial charge is 0.305 e. The standard InChI is InChI=1S/C47H31N3S4/c1-3-16-30(17-4-1)46-48-41-40(33-28-27-29-15-7-11-23-36(29)51-37-24-12-8-20-32(33)37)44-42(49-47(53-44)31-18-5-2-6-19-31)43(45(41)54-46)50-34-21-9-13-25-38(34)52-39-26-14-10-22-35(39)50/h1-26,33H,27-28H2. The van der Waals surface area contributed by atoms with E-state index in [4.69, 9.17) is 9.97 Å². The van der Waals surface area contributed by atoms with Gasteiger partial charge in [0.25, 0.3) is 0 Å². The zero-order chi connectivity index (χ0) is 35.6. The normalized spacial score (nSPS) is 14.9. The van der Waals surface area contributed by atoms with Crippen LogP contribution in [0.15, 0.2) is 177 Å². The van der Waals surface area contributed by atoms with E-state index in [-0.39, 0.29) is 5.92 Å². The van der Waals surface area contributed by atoms with Crippen molar-refractivity contribution in [3.63, 3.8) is 0 Å². The van der Waals surface area contributed by atoms with E-state index in [0.717, 1.165) is 50.7 Å². The molecule has 0 fully saturated rings. The molecule has 2 aliphatic rings. The maximum Gasteiger partial charge on any atom is 0.124 e. The highest BCUT2D eigenvalue weighted by molar-refractivity contribution is 8.00. The average Bonchev–Trinajstić information content (AvgIpc) is 3.87. The number of rotatable bonds is 4. The van der Waals surface area contributed by atoms with Gasteiger partial charge in [-0.3, -0.25) is 0 Å². The maximum absolute atomic E-state index is 5.69. The van der Waals surface area contributed by atoms with E-state index >= 15 is 0 Å². The molecule has 54 heavy (non-hydrogen) atoms. The van der Waals surface area contributed by atoms with Crippen molar-refractivity contribution in [1.29, 1.82) is 0 Å². The molecule has 258 valence electrons. The van der Waals surface area contributed by atoms with Crippen LogP contribution in [0.1, 0.15) is 29.0 Å². The smallest absolute Gasteiger partial charge is 0.124 e. The molecule has 0 spiro atoms. The third-order valence-corrected chi connectivity index (χ3v) is 15.0. The second-order valence-electron chi connectivity index (χ2n) is 13.6. The van der Waals surface area contributed by atoms with Crippen molar-refractivity contribution in [1.82, 2.24) is 9.97 Å². The molecule has 9 aromatic rings. The number of hydrogen-bond acceptors (Lipinski definition) is 7. The second-order valence-corrected chi connectivity index (χ2v) is 17.8. The molecular formula is C47H31N3S4. The van der Waals surface area contributed by atoms with Crippen molar-refractivity contribution in [2.75, 3.05) is 4.90 Å². The molecule has 2 aliphatic heterocycles. The van der Waals surface area contributed by atoms with Gasteiger partial charge in [0.2, 0.25) is 0 Å². The van der Waals surface area contributed by atoms with Gasteiger partial charge in [0.05, 0.1) is 32.0 Å². The van der Waals surface area contributed by atoms with Gasteiger partial charge < -0.3 is 4.90 Å². The predicted octanol–water partition coefficient (Wildman–Crippen LogP) is 14.4. The van der Waals surface area contributed by atoms with E-state index in [1.807, 2.05) is 34.9 Å². The van der Waals surface area contributed by atoms with E-state index < -0.39 is 0 Å². The first-order valence-corrected chi connectivity index (χ1v) is 21.4. The summed E-state index contributed by atoms with van der Waals surface area (Å²) < 4.78 is 2.39. The Kier molecular flexibility index (Phi) is 7.94. The van der Waals surface area contributed by atoms with Crippen molar-refractivity contribution in [2.45, 2.75) is 38.3 Å². The zero-order valence-corrected chi connectivity index (χ0v) is 32.2. The molecular weight excluding hydrogens is 735 g/mol. The Balaban J connectivity index is 1.27. The Morgan fingerprint density at radius 3 is 1.69 bits per heavy atom. The molecule has 0 saturated heterocycles. The van der Waals surface area contributed by atoms with Crippen LogP contribution in [0, 0.1) is 0 Å². The summed E-state index contributed by atoms with van der Waals surface area (Å²) in [6, 6.07) is 56.9. The van der Waals surface area contributed by atoms with Crippen molar-refractivity contribution in [3.8, 4) is 21.1 Å². The Hall–Kier alpha value is -5.18. The second kappa shape index (κ2) is 13.3. The molecule has 7 aromatic carbocycles. The highest BCUT2D eigenvalue weighted by Gasteiger charge is 2.35. The van der Waals surface area contributed by atoms with Crippen LogP contribution in [0.25, 0.3) is 41.6 Å². The minimum Gasteiger partial charge on any atom is -0.305 e. The summed E-state index contributed by atoms with van der Waals surface area (Å²) in [5.74, 6) is 0.118. The van der Waals surface area contributed by atoms with Crippen molar-refractivity contribution in [3.05, 3.63) is 174 Å². The SMILES string of the molecule is c1ccc(-c2nc3c(N4c5ccccc5Sc5ccccc54)c4sc(-c5ccccc5)nc4c(C4CCc5ccccc5Sc5ccccc54)c3s2)cc1. The lowest BCUT2D eigenvalue weighted by Crippen LogP contribution is -2.16. The summed E-state index contributed by atoms with van der Waals surface area (Å²) in [4.78, 5) is 19.0. The molecule has 1 unspecified atom stereocenters. The van der Waals surface area contributed by atoms with Crippen LogP contribution in [0.3, 0.4) is 0 Å². The number of aromatic nitrogens is 2. The lowest BCUT2D eigenvalue weighted by Gasteiger charge is -2.33. The Morgan fingerprint density at radius 2 is 1.00 bits per heavy atom. The molecule has 2 aromatic heterocycles. The molecule has 0 bridgehead atoms. The van der Waals surface area contributed by atoms with Gasteiger partial charge in [0.1, 0.15) is 15.5 Å². The fraction of sp³-hybridized carbons (Fsp3) is 0.0638. The number of thiazole rings is 2. The molecule has 3 nitrogen and oxygen atoms in total. The van der Waals surface area contributed by atoms with Crippen molar-refractivity contribution in [2.24, 2.45) is 0 Å². The first-order valence-electron chi connectivity index (χ1n) is 18.2. The third-order valence-electron chi connectivity index (χ3n) is 10.4. The highest BCUT2D eigenvalue weighted by atomic mass is 32.2. The van der Waals surface area contributed by atoms with Gasteiger partial charge in [0.15, 0.2) is 0 Å². The molecule has 0 radical (unpaired) electrons. The van der Waals surface area contributed by atoms with E-state index in [0.29, 0.717) is 0 Å². The monoisotopic (exact) mass is 765 g/mol. The number of aryl methyl sites for hydroxylation is 1. The van der Waals surface area contributed by atoms with E-state index in [1.165, 1.54) is 57.0 Å². The van der Waals surface area contributed by atoms with Gasteiger partial charge in [-0.25, -0.2) is 9.97 Å². The minimum absolute atomic E-state index is 0.118. The molecule has 0 N–H and O–H groups in total. The van der Waals surface area contributed by atoms with E-state index in [2.05, 4.69) is 163 Å². The Labute approximate surface area is 330 Å². The highest BCUT2D eigenvalue weighted by Crippen LogP contribution is 2.58. The molecule has 11 rings (SSSR count). The predicted molar refractivity (Wildman–Crippen MR) is 230 cm³/mol. The molecule has 0 aliphatic carbocycles. The summed E-state index contributed by atoms with van der Waals surface area (Å²) in [7, 11) is 0. The van der Waals surface area contributed by atoms with Crippen LogP contribution in [0.4, 0.5) is 17.1 Å². The van der Waals surface area contributed by atoms with Crippen LogP contribution < -0.4 is 4.90 Å². The Morgan fingerprint density at radius 1 is 0.481 bits per heavy atom. The lowest BCUT2D eigenvalue weighted by atomic mass is 9.85. The first kappa shape index (κ1) is 32.3. The summed E-state index contributed by atoms with van der Waals surface area (Å²) in [6.07, 6.45) is 1.96. The number of benzene rings is 7.